The molecule has 0 bridgehead atoms. The van der Waals surface area contributed by atoms with E-state index >= 15 is 0 Å². The van der Waals surface area contributed by atoms with Crippen molar-refractivity contribution in [2.24, 2.45) is 0 Å². The maximum Gasteiger partial charge on any atom is 0.426 e. The molecule has 96 valence electrons. The Labute approximate surface area is 109 Å². The van der Waals surface area contributed by atoms with E-state index in [4.69, 9.17) is 16.3 Å². The SMILES string of the molecule is CC(C)OC(=O)NNc1n[nH]c2cc(Cl)ccc12. The lowest BCUT2D eigenvalue weighted by Crippen LogP contribution is -2.31. The molecule has 1 heterocycles. The molecular formula is C11H13ClN4O2. The lowest BCUT2D eigenvalue weighted by molar-refractivity contribution is 0.117. The van der Waals surface area contributed by atoms with E-state index in [0.29, 0.717) is 10.8 Å². The van der Waals surface area contributed by atoms with Gasteiger partial charge in [-0.3, -0.25) is 10.5 Å². The average Bonchev–Trinajstić information content (AvgIpc) is 2.67. The first-order valence-electron chi connectivity index (χ1n) is 5.42. The first-order chi connectivity index (χ1) is 8.56. The summed E-state index contributed by atoms with van der Waals surface area (Å²) in [7, 11) is 0. The van der Waals surface area contributed by atoms with Crippen LogP contribution in [0.25, 0.3) is 10.9 Å². The van der Waals surface area contributed by atoms with Gasteiger partial charge in [0.2, 0.25) is 0 Å². The normalized spacial score (nSPS) is 10.7. The van der Waals surface area contributed by atoms with E-state index in [-0.39, 0.29) is 6.10 Å². The molecule has 0 saturated heterocycles. The van der Waals surface area contributed by atoms with Crippen LogP contribution in [0.3, 0.4) is 0 Å². The number of benzene rings is 1. The van der Waals surface area contributed by atoms with E-state index in [1.54, 1.807) is 32.0 Å². The van der Waals surface area contributed by atoms with E-state index in [0.717, 1.165) is 10.9 Å². The number of nitrogens with zero attached hydrogens (tertiary/aromatic N) is 1. The minimum Gasteiger partial charge on any atom is -0.446 e. The second-order valence-electron chi connectivity index (χ2n) is 3.97. The molecule has 0 atom stereocenters. The molecule has 2 aromatic rings. The molecule has 1 aromatic carbocycles. The number of halogens is 1. The van der Waals surface area contributed by atoms with Crippen LogP contribution in [0.5, 0.6) is 0 Å². The number of amides is 1. The lowest BCUT2D eigenvalue weighted by atomic mass is 10.2. The van der Waals surface area contributed by atoms with Crippen LogP contribution in [0.1, 0.15) is 13.8 Å². The number of aromatic nitrogens is 2. The van der Waals surface area contributed by atoms with Crippen molar-refractivity contribution in [2.75, 3.05) is 5.43 Å². The van der Waals surface area contributed by atoms with Gasteiger partial charge in [-0.15, -0.1) is 0 Å². The quantitative estimate of drug-likeness (QED) is 0.748. The molecule has 1 amide bonds. The Hall–Kier alpha value is -1.95. The highest BCUT2D eigenvalue weighted by Gasteiger charge is 2.08. The van der Waals surface area contributed by atoms with E-state index in [9.17, 15) is 4.79 Å². The van der Waals surface area contributed by atoms with Crippen LogP contribution in [0.15, 0.2) is 18.2 Å². The van der Waals surface area contributed by atoms with Crippen molar-refractivity contribution in [3.05, 3.63) is 23.2 Å². The maximum absolute atomic E-state index is 11.3. The largest absolute Gasteiger partial charge is 0.446 e. The van der Waals surface area contributed by atoms with Crippen molar-refractivity contribution in [3.8, 4) is 0 Å². The zero-order valence-electron chi connectivity index (χ0n) is 9.95. The monoisotopic (exact) mass is 268 g/mol. The summed E-state index contributed by atoms with van der Waals surface area (Å²) < 4.78 is 4.91. The third-order valence-corrected chi connectivity index (χ3v) is 2.39. The molecule has 0 spiro atoms. The Bertz CT molecular complexity index is 567. The Balaban J connectivity index is 2.06. The molecule has 0 fully saturated rings. The van der Waals surface area contributed by atoms with Crippen molar-refractivity contribution in [3.63, 3.8) is 0 Å². The van der Waals surface area contributed by atoms with Crippen molar-refractivity contribution in [1.29, 1.82) is 0 Å². The highest BCUT2D eigenvalue weighted by molar-refractivity contribution is 6.31. The minimum absolute atomic E-state index is 0.179. The fourth-order valence-electron chi connectivity index (χ4n) is 1.44. The number of fused-ring (bicyclic) bond motifs is 1. The number of aromatic amines is 1. The van der Waals surface area contributed by atoms with Crippen LogP contribution < -0.4 is 10.9 Å². The first-order valence-corrected chi connectivity index (χ1v) is 5.80. The summed E-state index contributed by atoms with van der Waals surface area (Å²) >= 11 is 5.85. The Morgan fingerprint density at radius 1 is 1.50 bits per heavy atom. The van der Waals surface area contributed by atoms with Crippen molar-refractivity contribution in [1.82, 2.24) is 15.6 Å². The predicted molar refractivity (Wildman–Crippen MR) is 69.5 cm³/mol. The summed E-state index contributed by atoms with van der Waals surface area (Å²) in [6, 6.07) is 5.30. The zero-order chi connectivity index (χ0) is 13.1. The Morgan fingerprint density at radius 2 is 2.28 bits per heavy atom. The molecule has 0 aliphatic heterocycles. The number of rotatable bonds is 3. The summed E-state index contributed by atoms with van der Waals surface area (Å²) in [6.07, 6.45) is -0.739. The van der Waals surface area contributed by atoms with Crippen LogP contribution in [0.4, 0.5) is 10.6 Å². The predicted octanol–water partition coefficient (Wildman–Crippen LogP) is 2.68. The van der Waals surface area contributed by atoms with Gasteiger partial charge in [0.05, 0.1) is 11.6 Å². The van der Waals surface area contributed by atoms with E-state index in [1.807, 2.05) is 0 Å². The second-order valence-corrected chi connectivity index (χ2v) is 4.40. The highest BCUT2D eigenvalue weighted by atomic mass is 35.5. The average molecular weight is 269 g/mol. The van der Waals surface area contributed by atoms with Gasteiger partial charge in [-0.2, -0.15) is 5.10 Å². The molecule has 0 saturated carbocycles. The van der Waals surface area contributed by atoms with Gasteiger partial charge in [0.1, 0.15) is 0 Å². The molecule has 3 N–H and O–H groups in total. The van der Waals surface area contributed by atoms with Gasteiger partial charge in [0.25, 0.3) is 0 Å². The van der Waals surface area contributed by atoms with Crippen LogP contribution >= 0.6 is 11.6 Å². The van der Waals surface area contributed by atoms with Crippen LogP contribution in [-0.2, 0) is 4.74 Å². The standard InChI is InChI=1S/C11H13ClN4O2/c1-6(2)18-11(17)16-15-10-8-4-3-7(12)5-9(8)13-14-10/h3-6H,1-2H3,(H,16,17)(H2,13,14,15). The minimum atomic E-state index is -0.560. The molecule has 18 heavy (non-hydrogen) atoms. The summed E-state index contributed by atoms with van der Waals surface area (Å²) in [5, 5.41) is 8.27. The number of anilines is 1. The first kappa shape index (κ1) is 12.5. The Kier molecular flexibility index (Phi) is 3.57. The molecule has 0 unspecified atom stereocenters. The van der Waals surface area contributed by atoms with Crippen LogP contribution in [-0.4, -0.2) is 22.4 Å². The summed E-state index contributed by atoms with van der Waals surface area (Å²) in [4.78, 5) is 11.3. The number of hydrazine groups is 1. The van der Waals surface area contributed by atoms with Gasteiger partial charge in [0.15, 0.2) is 5.82 Å². The molecule has 0 aliphatic rings. The van der Waals surface area contributed by atoms with E-state index < -0.39 is 6.09 Å². The second kappa shape index (κ2) is 5.14. The van der Waals surface area contributed by atoms with Gasteiger partial charge in [-0.25, -0.2) is 10.2 Å². The molecular weight excluding hydrogens is 256 g/mol. The molecule has 0 radical (unpaired) electrons. The topological polar surface area (TPSA) is 79.0 Å². The van der Waals surface area contributed by atoms with Crippen molar-refractivity contribution < 1.29 is 9.53 Å². The number of nitrogens with one attached hydrogen (secondary N) is 3. The summed E-state index contributed by atoms with van der Waals surface area (Å²) in [5.41, 5.74) is 5.86. The molecule has 1 aromatic heterocycles. The van der Waals surface area contributed by atoms with Crippen LogP contribution in [0.2, 0.25) is 5.02 Å². The Morgan fingerprint density at radius 3 is 3.00 bits per heavy atom. The fraction of sp³-hybridized carbons (Fsp3) is 0.273. The van der Waals surface area contributed by atoms with Crippen LogP contribution in [0, 0.1) is 0 Å². The number of carbonyl (C=O) groups excluding carboxylic acids is 1. The van der Waals surface area contributed by atoms with Gasteiger partial charge >= 0.3 is 6.09 Å². The van der Waals surface area contributed by atoms with Crippen molar-refractivity contribution in [2.45, 2.75) is 20.0 Å². The van der Waals surface area contributed by atoms with E-state index in [2.05, 4.69) is 21.0 Å². The third kappa shape index (κ3) is 2.84. The zero-order valence-corrected chi connectivity index (χ0v) is 10.7. The van der Waals surface area contributed by atoms with Crippen molar-refractivity contribution >= 4 is 34.4 Å². The van der Waals surface area contributed by atoms with E-state index in [1.165, 1.54) is 0 Å². The number of hydrogen-bond donors (Lipinski definition) is 3. The van der Waals surface area contributed by atoms with Gasteiger partial charge in [-0.05, 0) is 32.0 Å². The number of carbonyl (C=O) groups is 1. The van der Waals surface area contributed by atoms with Gasteiger partial charge < -0.3 is 4.74 Å². The summed E-state index contributed by atoms with van der Waals surface area (Å²) in [6.45, 7) is 3.54. The number of hydrogen-bond acceptors (Lipinski definition) is 4. The highest BCUT2D eigenvalue weighted by Crippen LogP contribution is 2.22. The maximum atomic E-state index is 11.3. The third-order valence-electron chi connectivity index (χ3n) is 2.15. The molecule has 7 heteroatoms. The summed E-state index contributed by atoms with van der Waals surface area (Å²) in [5.74, 6) is 0.502. The fourth-order valence-corrected chi connectivity index (χ4v) is 1.61. The smallest absolute Gasteiger partial charge is 0.426 e. The molecule has 6 nitrogen and oxygen atoms in total. The lowest BCUT2D eigenvalue weighted by Gasteiger charge is -2.09. The van der Waals surface area contributed by atoms with Gasteiger partial charge in [0, 0.05) is 10.4 Å². The van der Waals surface area contributed by atoms with Gasteiger partial charge in [-0.1, -0.05) is 11.6 Å². The number of ether oxygens (including phenoxy) is 1. The number of H-pyrrole nitrogens is 1. The molecule has 2 rings (SSSR count). The molecule has 0 aliphatic carbocycles.